The number of nitrogens with one attached hydrogen (secondary N) is 1. The maximum atomic E-state index is 13.1. The minimum Gasteiger partial charge on any atom is -0.495 e. The number of anilines is 1. The van der Waals surface area contributed by atoms with Crippen LogP contribution >= 0.6 is 11.6 Å². The fourth-order valence-electron chi connectivity index (χ4n) is 3.59. The number of carbonyl (C=O) groups excluding carboxylic acids is 2. The number of ether oxygens (including phenoxy) is 1. The van der Waals surface area contributed by atoms with Crippen molar-refractivity contribution in [1.29, 1.82) is 0 Å². The lowest BCUT2D eigenvalue weighted by molar-refractivity contribution is -0.139. The molecule has 34 heavy (non-hydrogen) atoms. The van der Waals surface area contributed by atoms with Crippen LogP contribution in [0.25, 0.3) is 0 Å². The van der Waals surface area contributed by atoms with Crippen molar-refractivity contribution in [2.75, 3.05) is 37.8 Å². The van der Waals surface area contributed by atoms with Crippen LogP contribution in [0.5, 0.6) is 5.75 Å². The maximum Gasteiger partial charge on any atom is 0.242 e. The molecule has 2 aromatic rings. The van der Waals surface area contributed by atoms with Crippen LogP contribution in [0.4, 0.5) is 5.69 Å². The summed E-state index contributed by atoms with van der Waals surface area (Å²) in [5.74, 6) is -0.0356. The lowest BCUT2D eigenvalue weighted by Crippen LogP contribution is -2.48. The number of likely N-dealkylation sites (N-methyl/N-ethyl adjacent to an activating group) is 1. The molecule has 8 nitrogen and oxygen atoms in total. The molecular weight excluding hydrogens is 478 g/mol. The Morgan fingerprint density at radius 1 is 1.12 bits per heavy atom. The van der Waals surface area contributed by atoms with E-state index >= 15 is 0 Å². The molecule has 0 aliphatic rings. The summed E-state index contributed by atoms with van der Waals surface area (Å²) in [5, 5.41) is 2.87. The summed E-state index contributed by atoms with van der Waals surface area (Å²) >= 11 is 6.17. The topological polar surface area (TPSA) is 96.0 Å². The Hall–Kier alpha value is -2.78. The summed E-state index contributed by atoms with van der Waals surface area (Å²) in [4.78, 5) is 26.9. The van der Waals surface area contributed by atoms with Crippen LogP contribution in [0, 0.1) is 0 Å². The van der Waals surface area contributed by atoms with E-state index in [0.29, 0.717) is 24.4 Å². The van der Waals surface area contributed by atoms with Crippen LogP contribution in [0.15, 0.2) is 48.5 Å². The Labute approximate surface area is 206 Å². The molecule has 0 fully saturated rings. The second-order valence-corrected chi connectivity index (χ2v) is 10.2. The molecule has 2 amide bonds. The Bertz CT molecular complexity index is 1080. The van der Waals surface area contributed by atoms with Gasteiger partial charge in [-0.25, -0.2) is 8.42 Å². The fourth-order valence-corrected chi connectivity index (χ4v) is 4.80. The molecule has 1 N–H and O–H groups in total. The zero-order valence-corrected chi connectivity index (χ0v) is 21.5. The molecule has 10 heteroatoms. The smallest absolute Gasteiger partial charge is 0.242 e. The van der Waals surface area contributed by atoms with Gasteiger partial charge in [0.25, 0.3) is 0 Å². The highest BCUT2D eigenvalue weighted by Gasteiger charge is 2.25. The average molecular weight is 510 g/mol. The van der Waals surface area contributed by atoms with Crippen molar-refractivity contribution in [2.45, 2.75) is 32.2 Å². The van der Waals surface area contributed by atoms with Crippen LogP contribution in [-0.2, 0) is 26.0 Å². The summed E-state index contributed by atoms with van der Waals surface area (Å²) in [5.41, 5.74) is 1.45. The largest absolute Gasteiger partial charge is 0.495 e. The molecule has 0 aliphatic heterocycles. The Morgan fingerprint density at radius 3 is 2.35 bits per heavy atom. The molecule has 0 unspecified atom stereocenters. The van der Waals surface area contributed by atoms with E-state index in [1.165, 1.54) is 24.5 Å². The first-order valence-electron chi connectivity index (χ1n) is 10.9. The third-order valence-corrected chi connectivity index (χ3v) is 6.96. The third-order valence-electron chi connectivity index (χ3n) is 5.47. The van der Waals surface area contributed by atoms with Crippen molar-refractivity contribution in [3.63, 3.8) is 0 Å². The SMILES string of the molecule is CNC(=O)[C@H](C)N(CCc1ccccc1)C(=O)CCCN(c1ccc(OC)c(Cl)c1)S(C)(=O)=O. The number of hydrogen-bond acceptors (Lipinski definition) is 5. The highest BCUT2D eigenvalue weighted by molar-refractivity contribution is 7.92. The number of nitrogens with zero attached hydrogens (tertiary/aromatic N) is 2. The first-order chi connectivity index (χ1) is 16.1. The van der Waals surface area contributed by atoms with Crippen molar-refractivity contribution >= 4 is 39.1 Å². The van der Waals surface area contributed by atoms with Gasteiger partial charge < -0.3 is 15.0 Å². The molecule has 0 bridgehead atoms. The van der Waals surface area contributed by atoms with Crippen molar-refractivity contribution < 1.29 is 22.7 Å². The predicted molar refractivity (Wildman–Crippen MR) is 135 cm³/mol. The summed E-state index contributed by atoms with van der Waals surface area (Å²) < 4.78 is 31.2. The Kier molecular flexibility index (Phi) is 10.2. The van der Waals surface area contributed by atoms with E-state index in [1.54, 1.807) is 24.0 Å². The maximum absolute atomic E-state index is 13.1. The zero-order chi connectivity index (χ0) is 25.3. The molecule has 0 aromatic heterocycles. The van der Waals surface area contributed by atoms with E-state index in [-0.39, 0.29) is 36.2 Å². The summed E-state index contributed by atoms with van der Waals surface area (Å²) in [6.45, 7) is 2.15. The standard InChI is InChI=1S/C24H32ClN3O5S/c1-18(24(30)26-2)27(16-14-19-9-6-5-7-10-19)23(29)11-8-15-28(34(4,31)32)20-12-13-22(33-3)21(25)17-20/h5-7,9-10,12-13,17-18H,8,11,14-16H2,1-4H3,(H,26,30)/t18-/m0/s1. The van der Waals surface area contributed by atoms with Gasteiger partial charge in [-0.3, -0.25) is 13.9 Å². The van der Waals surface area contributed by atoms with Crippen LogP contribution in [0.3, 0.4) is 0 Å². The molecular formula is C24H32ClN3O5S. The number of benzene rings is 2. The molecule has 0 saturated carbocycles. The van der Waals surface area contributed by atoms with Gasteiger partial charge in [0.15, 0.2) is 0 Å². The molecule has 0 heterocycles. The predicted octanol–water partition coefficient (Wildman–Crippen LogP) is 3.10. The van der Waals surface area contributed by atoms with Crippen LogP contribution in [-0.4, -0.2) is 64.7 Å². The van der Waals surface area contributed by atoms with Gasteiger partial charge in [0, 0.05) is 26.6 Å². The monoisotopic (exact) mass is 509 g/mol. The van der Waals surface area contributed by atoms with E-state index in [9.17, 15) is 18.0 Å². The van der Waals surface area contributed by atoms with Crippen LogP contribution < -0.4 is 14.4 Å². The average Bonchev–Trinajstić information content (AvgIpc) is 2.81. The van der Waals surface area contributed by atoms with Gasteiger partial charge in [0.2, 0.25) is 21.8 Å². The van der Waals surface area contributed by atoms with Crippen molar-refractivity contribution in [3.8, 4) is 5.75 Å². The Morgan fingerprint density at radius 2 is 1.79 bits per heavy atom. The van der Waals surface area contributed by atoms with Crippen molar-refractivity contribution in [2.24, 2.45) is 0 Å². The first kappa shape index (κ1) is 27.5. The Balaban J connectivity index is 2.10. The highest BCUT2D eigenvalue weighted by Crippen LogP contribution is 2.30. The third kappa shape index (κ3) is 7.63. The van der Waals surface area contributed by atoms with Crippen LogP contribution in [0.1, 0.15) is 25.3 Å². The number of sulfonamides is 1. The van der Waals surface area contributed by atoms with Gasteiger partial charge in [-0.2, -0.15) is 0 Å². The van der Waals surface area contributed by atoms with Gasteiger partial charge >= 0.3 is 0 Å². The molecule has 0 saturated heterocycles. The fraction of sp³-hybridized carbons (Fsp3) is 0.417. The van der Waals surface area contributed by atoms with E-state index in [4.69, 9.17) is 16.3 Å². The number of carbonyl (C=O) groups is 2. The molecule has 1 atom stereocenters. The summed E-state index contributed by atoms with van der Waals surface area (Å²) in [6.07, 6.45) is 2.07. The number of methoxy groups -OCH3 is 1. The minimum atomic E-state index is -3.61. The lowest BCUT2D eigenvalue weighted by Gasteiger charge is -2.29. The van der Waals surface area contributed by atoms with Gasteiger partial charge in [0.1, 0.15) is 11.8 Å². The molecule has 0 radical (unpaired) electrons. The summed E-state index contributed by atoms with van der Waals surface area (Å²) in [6, 6.07) is 13.8. The van der Waals surface area contributed by atoms with E-state index in [0.717, 1.165) is 11.8 Å². The highest BCUT2D eigenvalue weighted by atomic mass is 35.5. The quantitative estimate of drug-likeness (QED) is 0.474. The van der Waals surface area contributed by atoms with E-state index in [1.807, 2.05) is 30.3 Å². The van der Waals surface area contributed by atoms with E-state index < -0.39 is 16.1 Å². The molecule has 186 valence electrons. The van der Waals surface area contributed by atoms with Crippen molar-refractivity contribution in [3.05, 3.63) is 59.1 Å². The minimum absolute atomic E-state index is 0.0893. The second-order valence-electron chi connectivity index (χ2n) is 7.87. The number of halogens is 1. The van der Waals surface area contributed by atoms with Gasteiger partial charge in [-0.05, 0) is 43.5 Å². The number of hydrogen-bond donors (Lipinski definition) is 1. The van der Waals surface area contributed by atoms with Gasteiger partial charge in [-0.15, -0.1) is 0 Å². The molecule has 0 spiro atoms. The normalized spacial score (nSPS) is 12.0. The number of rotatable bonds is 12. The van der Waals surface area contributed by atoms with Crippen LogP contribution in [0.2, 0.25) is 5.02 Å². The second kappa shape index (κ2) is 12.6. The molecule has 0 aliphatic carbocycles. The van der Waals surface area contributed by atoms with Crippen molar-refractivity contribution in [1.82, 2.24) is 10.2 Å². The number of amides is 2. The summed E-state index contributed by atoms with van der Waals surface area (Å²) in [7, 11) is -0.601. The molecule has 2 rings (SSSR count). The van der Waals surface area contributed by atoms with Gasteiger partial charge in [0.05, 0.1) is 24.1 Å². The van der Waals surface area contributed by atoms with E-state index in [2.05, 4.69) is 5.32 Å². The molecule has 2 aromatic carbocycles. The first-order valence-corrected chi connectivity index (χ1v) is 13.2. The zero-order valence-electron chi connectivity index (χ0n) is 20.0. The van der Waals surface area contributed by atoms with Gasteiger partial charge in [-0.1, -0.05) is 41.9 Å². The lowest BCUT2D eigenvalue weighted by atomic mass is 10.1.